The molecular formula is C11H9S2. The number of benzene rings is 2. The molecule has 0 amide bonds. The Morgan fingerprint density at radius 3 is 2.31 bits per heavy atom. The van der Waals surface area contributed by atoms with Gasteiger partial charge < -0.3 is 0 Å². The van der Waals surface area contributed by atoms with Gasteiger partial charge in [0.15, 0.2) is 0 Å². The molecule has 0 atom stereocenters. The van der Waals surface area contributed by atoms with Gasteiger partial charge in [0, 0.05) is 0 Å². The molecule has 13 heavy (non-hydrogen) atoms. The van der Waals surface area contributed by atoms with Gasteiger partial charge in [-0.1, -0.05) is 42.5 Å². The Bertz CT molecular complexity index is 416. The van der Waals surface area contributed by atoms with E-state index in [0.29, 0.717) is 0 Å². The smallest absolute Gasteiger partial charge is 0.109 e. The van der Waals surface area contributed by atoms with E-state index >= 15 is 0 Å². The molecule has 0 N–H and O–H groups in total. The van der Waals surface area contributed by atoms with Crippen LogP contribution in [0.3, 0.4) is 0 Å². The Kier molecular flexibility index (Phi) is 2.51. The molecular weight excluding hydrogens is 196 g/mol. The molecule has 0 unspecified atom stereocenters. The van der Waals surface area contributed by atoms with Crippen LogP contribution in [0.15, 0.2) is 42.5 Å². The van der Waals surface area contributed by atoms with Crippen molar-refractivity contribution in [1.29, 1.82) is 0 Å². The van der Waals surface area contributed by atoms with Crippen LogP contribution in [0.1, 0.15) is 5.56 Å². The Balaban J connectivity index is 2.76. The maximum absolute atomic E-state index is 4.24. The predicted octanol–water partition coefficient (Wildman–Crippen LogP) is 3.54. The first-order valence-corrected chi connectivity index (χ1v) is 4.91. The highest BCUT2D eigenvalue weighted by Gasteiger charge is 2.05. The van der Waals surface area contributed by atoms with Crippen LogP contribution in [-0.2, 0) is 0 Å². The molecule has 0 aliphatic heterocycles. The molecule has 2 heteroatoms. The van der Waals surface area contributed by atoms with Crippen LogP contribution in [-0.4, -0.2) is 0 Å². The zero-order chi connectivity index (χ0) is 9.26. The van der Waals surface area contributed by atoms with Gasteiger partial charge >= 0.3 is 0 Å². The van der Waals surface area contributed by atoms with E-state index in [1.54, 1.807) is 0 Å². The first-order chi connectivity index (χ1) is 6.29. The van der Waals surface area contributed by atoms with E-state index in [2.05, 4.69) is 43.5 Å². The number of hydrogen-bond donors (Lipinski definition) is 2. The number of hydrogen-bond acceptors (Lipinski definition) is 2. The van der Waals surface area contributed by atoms with E-state index in [-0.39, 0.29) is 0 Å². The van der Waals surface area contributed by atoms with Gasteiger partial charge in [-0.3, -0.25) is 0 Å². The van der Waals surface area contributed by atoms with Gasteiger partial charge in [-0.2, -0.15) is 25.3 Å². The van der Waals surface area contributed by atoms with E-state index in [4.69, 9.17) is 0 Å². The summed E-state index contributed by atoms with van der Waals surface area (Å²) in [4.78, 5) is 0. The molecule has 2 aromatic rings. The standard InChI is InChI=1S/C11H9S2/c12-11(13)10-7-3-5-8-4-1-2-6-9(8)10/h1-7,12-13H. The van der Waals surface area contributed by atoms with Crippen molar-refractivity contribution in [3.63, 3.8) is 0 Å². The third-order valence-electron chi connectivity index (χ3n) is 2.03. The second-order valence-corrected chi connectivity index (χ2v) is 4.10. The van der Waals surface area contributed by atoms with Gasteiger partial charge in [-0.25, -0.2) is 0 Å². The minimum Gasteiger partial charge on any atom is -0.154 e. The van der Waals surface area contributed by atoms with Gasteiger partial charge in [0.25, 0.3) is 0 Å². The van der Waals surface area contributed by atoms with E-state index < -0.39 is 0 Å². The van der Waals surface area contributed by atoms with Crippen LogP contribution in [0.5, 0.6) is 0 Å². The molecule has 0 fully saturated rings. The van der Waals surface area contributed by atoms with Crippen molar-refractivity contribution in [2.75, 3.05) is 0 Å². The van der Waals surface area contributed by atoms with Crippen LogP contribution in [0.2, 0.25) is 0 Å². The summed E-state index contributed by atoms with van der Waals surface area (Å²) < 4.78 is 0.761. The van der Waals surface area contributed by atoms with Gasteiger partial charge in [0.2, 0.25) is 0 Å². The highest BCUT2D eigenvalue weighted by Crippen LogP contribution is 2.29. The summed E-state index contributed by atoms with van der Waals surface area (Å²) in [6, 6.07) is 14.4. The Hall–Kier alpha value is -0.600. The van der Waals surface area contributed by atoms with Crippen LogP contribution in [0.25, 0.3) is 10.8 Å². The molecule has 2 rings (SSSR count). The summed E-state index contributed by atoms with van der Waals surface area (Å²) in [5.41, 5.74) is 1.09. The highest BCUT2D eigenvalue weighted by molar-refractivity contribution is 8.03. The lowest BCUT2D eigenvalue weighted by atomic mass is 10.1. The zero-order valence-corrected chi connectivity index (χ0v) is 8.72. The Labute approximate surface area is 88.8 Å². The predicted molar refractivity (Wildman–Crippen MR) is 64.3 cm³/mol. The molecule has 0 saturated carbocycles. The third kappa shape index (κ3) is 1.69. The number of rotatable bonds is 1. The molecule has 0 bridgehead atoms. The Morgan fingerprint density at radius 1 is 0.846 bits per heavy atom. The summed E-state index contributed by atoms with van der Waals surface area (Å²) in [7, 11) is 0. The van der Waals surface area contributed by atoms with Crippen LogP contribution in [0, 0.1) is 4.58 Å². The fourth-order valence-corrected chi connectivity index (χ4v) is 1.81. The molecule has 0 nitrogen and oxygen atoms in total. The SMILES string of the molecule is S[C](S)c1cccc2ccccc12. The summed E-state index contributed by atoms with van der Waals surface area (Å²) in [5.74, 6) is 0. The zero-order valence-electron chi connectivity index (χ0n) is 6.94. The maximum Gasteiger partial charge on any atom is 0.109 e. The third-order valence-corrected chi connectivity index (χ3v) is 2.51. The largest absolute Gasteiger partial charge is 0.154 e. The van der Waals surface area contributed by atoms with Crippen molar-refractivity contribution >= 4 is 36.0 Å². The summed E-state index contributed by atoms with van der Waals surface area (Å²) in [5, 5.41) is 2.42. The van der Waals surface area contributed by atoms with E-state index in [9.17, 15) is 0 Å². The first-order valence-electron chi connectivity index (χ1n) is 4.02. The second-order valence-electron chi connectivity index (χ2n) is 2.85. The fourth-order valence-electron chi connectivity index (χ4n) is 1.42. The second kappa shape index (κ2) is 3.64. The van der Waals surface area contributed by atoms with Crippen LogP contribution >= 0.6 is 25.3 Å². The molecule has 2 aromatic carbocycles. The number of thiol groups is 2. The van der Waals surface area contributed by atoms with Crippen molar-refractivity contribution in [3.8, 4) is 0 Å². The van der Waals surface area contributed by atoms with E-state index in [0.717, 1.165) is 10.1 Å². The van der Waals surface area contributed by atoms with Gasteiger partial charge in [0.1, 0.15) is 4.58 Å². The first kappa shape index (κ1) is 8.97. The van der Waals surface area contributed by atoms with Gasteiger partial charge in [0.05, 0.1) is 0 Å². The molecule has 0 aliphatic carbocycles. The van der Waals surface area contributed by atoms with Crippen molar-refractivity contribution < 1.29 is 0 Å². The average Bonchev–Trinajstić information content (AvgIpc) is 2.17. The van der Waals surface area contributed by atoms with Gasteiger partial charge in [-0.15, -0.1) is 0 Å². The summed E-state index contributed by atoms with van der Waals surface area (Å²) in [6.45, 7) is 0. The minimum absolute atomic E-state index is 0.761. The summed E-state index contributed by atoms with van der Waals surface area (Å²) >= 11 is 8.49. The van der Waals surface area contributed by atoms with Crippen molar-refractivity contribution in [2.45, 2.75) is 0 Å². The van der Waals surface area contributed by atoms with Crippen LogP contribution in [0.4, 0.5) is 0 Å². The van der Waals surface area contributed by atoms with Gasteiger partial charge in [-0.05, 0) is 16.3 Å². The average molecular weight is 205 g/mol. The van der Waals surface area contributed by atoms with E-state index in [1.165, 1.54) is 10.8 Å². The van der Waals surface area contributed by atoms with Crippen LogP contribution < -0.4 is 0 Å². The van der Waals surface area contributed by atoms with Crippen molar-refractivity contribution in [3.05, 3.63) is 52.6 Å². The molecule has 65 valence electrons. The van der Waals surface area contributed by atoms with E-state index in [1.807, 2.05) is 24.3 Å². The molecule has 0 saturated heterocycles. The highest BCUT2D eigenvalue weighted by atomic mass is 32.2. The molecule has 0 heterocycles. The molecule has 0 aromatic heterocycles. The maximum atomic E-state index is 4.24. The molecule has 0 spiro atoms. The molecule has 0 aliphatic rings. The fraction of sp³-hybridized carbons (Fsp3) is 0. The molecule has 1 radical (unpaired) electrons. The lowest BCUT2D eigenvalue weighted by molar-refractivity contribution is 1.64. The normalized spacial score (nSPS) is 11.0. The minimum atomic E-state index is 0.761. The number of fused-ring (bicyclic) bond motifs is 1. The lowest BCUT2D eigenvalue weighted by Gasteiger charge is -2.06. The van der Waals surface area contributed by atoms with Crippen molar-refractivity contribution in [1.82, 2.24) is 0 Å². The lowest BCUT2D eigenvalue weighted by Crippen LogP contribution is -1.84. The topological polar surface area (TPSA) is 0 Å². The summed E-state index contributed by atoms with van der Waals surface area (Å²) in [6.07, 6.45) is 0. The monoisotopic (exact) mass is 205 g/mol. The quantitative estimate of drug-likeness (QED) is 0.654. The van der Waals surface area contributed by atoms with Crippen molar-refractivity contribution in [2.24, 2.45) is 0 Å². The Morgan fingerprint density at radius 2 is 1.54 bits per heavy atom.